The third kappa shape index (κ3) is 2.99. The Bertz CT molecular complexity index is 488. The monoisotopic (exact) mass is 230 g/mol. The quantitative estimate of drug-likeness (QED) is 0.351. The SMILES string of the molecule is NC1(N)C=CC([N+]([O-])=Nc2ccccc2)=CC1. The zero-order chi connectivity index (χ0) is 12.3. The molecule has 0 saturated heterocycles. The lowest BCUT2D eigenvalue weighted by Gasteiger charge is -2.20. The number of azo groups is 1. The Morgan fingerprint density at radius 1 is 1.24 bits per heavy atom. The number of nitrogens with zero attached hydrogens (tertiary/aromatic N) is 2. The molecule has 4 N–H and O–H groups in total. The Morgan fingerprint density at radius 2 is 1.94 bits per heavy atom. The number of allylic oxidation sites excluding steroid dienone is 1. The van der Waals surface area contributed by atoms with Crippen LogP contribution in [0.25, 0.3) is 0 Å². The molecule has 5 nitrogen and oxygen atoms in total. The largest absolute Gasteiger partial charge is 0.594 e. The molecule has 0 bridgehead atoms. The van der Waals surface area contributed by atoms with Crippen molar-refractivity contribution in [3.8, 4) is 0 Å². The number of hydrogen-bond donors (Lipinski definition) is 2. The van der Waals surface area contributed by atoms with Crippen molar-refractivity contribution < 1.29 is 4.86 Å². The van der Waals surface area contributed by atoms with Gasteiger partial charge in [-0.3, -0.25) is 0 Å². The van der Waals surface area contributed by atoms with E-state index in [-0.39, 0.29) is 0 Å². The van der Waals surface area contributed by atoms with Gasteiger partial charge in [-0.05, 0) is 24.3 Å². The summed E-state index contributed by atoms with van der Waals surface area (Å²) in [4.78, 5) is 0.571. The highest BCUT2D eigenvalue weighted by atomic mass is 16.5. The van der Waals surface area contributed by atoms with Crippen molar-refractivity contribution >= 4 is 5.69 Å². The van der Waals surface area contributed by atoms with Gasteiger partial charge in [0.05, 0.1) is 5.66 Å². The Hall–Kier alpha value is -1.98. The van der Waals surface area contributed by atoms with Gasteiger partial charge < -0.3 is 16.7 Å². The smallest absolute Gasteiger partial charge is 0.240 e. The molecule has 1 aromatic rings. The van der Waals surface area contributed by atoms with E-state index in [4.69, 9.17) is 11.5 Å². The van der Waals surface area contributed by atoms with Crippen LogP contribution in [0.2, 0.25) is 0 Å². The van der Waals surface area contributed by atoms with E-state index >= 15 is 0 Å². The first-order chi connectivity index (χ1) is 8.07. The van der Waals surface area contributed by atoms with Gasteiger partial charge in [0.2, 0.25) is 5.70 Å². The van der Waals surface area contributed by atoms with Gasteiger partial charge in [0.15, 0.2) is 0 Å². The second kappa shape index (κ2) is 4.48. The molecule has 0 fully saturated rings. The molecule has 17 heavy (non-hydrogen) atoms. The summed E-state index contributed by atoms with van der Waals surface area (Å²) < 4.78 is 0. The summed E-state index contributed by atoms with van der Waals surface area (Å²) in [7, 11) is 0. The van der Waals surface area contributed by atoms with Crippen molar-refractivity contribution in [3.63, 3.8) is 0 Å². The van der Waals surface area contributed by atoms with E-state index in [0.29, 0.717) is 22.7 Å². The van der Waals surface area contributed by atoms with E-state index in [9.17, 15) is 5.21 Å². The maximum absolute atomic E-state index is 11.7. The van der Waals surface area contributed by atoms with Crippen LogP contribution in [0.15, 0.2) is 59.4 Å². The molecule has 5 heteroatoms. The van der Waals surface area contributed by atoms with Crippen LogP contribution in [0.3, 0.4) is 0 Å². The second-order valence-electron chi connectivity index (χ2n) is 3.99. The summed E-state index contributed by atoms with van der Waals surface area (Å²) in [5.41, 5.74) is 11.6. The van der Waals surface area contributed by atoms with E-state index in [1.807, 2.05) is 18.2 Å². The van der Waals surface area contributed by atoms with Crippen molar-refractivity contribution in [2.75, 3.05) is 0 Å². The van der Waals surface area contributed by atoms with Crippen LogP contribution < -0.4 is 11.5 Å². The van der Waals surface area contributed by atoms with Crippen LogP contribution in [0.1, 0.15) is 6.42 Å². The summed E-state index contributed by atoms with van der Waals surface area (Å²) in [6, 6.07) is 9.03. The van der Waals surface area contributed by atoms with Crippen molar-refractivity contribution in [3.05, 3.63) is 59.5 Å². The predicted molar refractivity (Wildman–Crippen MR) is 65.1 cm³/mol. The van der Waals surface area contributed by atoms with Gasteiger partial charge in [-0.15, -0.1) is 0 Å². The molecule has 88 valence electrons. The first-order valence-corrected chi connectivity index (χ1v) is 5.28. The summed E-state index contributed by atoms with van der Waals surface area (Å²) in [6.45, 7) is 0. The Balaban J connectivity index is 2.18. The van der Waals surface area contributed by atoms with Crippen LogP contribution >= 0.6 is 0 Å². The Labute approximate surface area is 99.3 Å². The third-order valence-electron chi connectivity index (χ3n) is 2.41. The van der Waals surface area contributed by atoms with Crippen molar-refractivity contribution in [1.82, 2.24) is 0 Å². The van der Waals surface area contributed by atoms with E-state index in [1.54, 1.807) is 30.4 Å². The van der Waals surface area contributed by atoms with Gasteiger partial charge in [0.1, 0.15) is 5.69 Å². The first-order valence-electron chi connectivity index (χ1n) is 5.28. The molecule has 0 amide bonds. The maximum Gasteiger partial charge on any atom is 0.240 e. The minimum atomic E-state index is -0.864. The lowest BCUT2D eigenvalue weighted by atomic mass is 10.0. The predicted octanol–water partition coefficient (Wildman–Crippen LogP) is 1.74. The van der Waals surface area contributed by atoms with Gasteiger partial charge in [-0.1, -0.05) is 23.1 Å². The number of hydrogen-bond acceptors (Lipinski definition) is 4. The minimum Gasteiger partial charge on any atom is -0.594 e. The first kappa shape index (κ1) is 11.5. The molecule has 0 radical (unpaired) electrons. The Morgan fingerprint density at radius 3 is 2.53 bits per heavy atom. The fraction of sp³-hybridized carbons (Fsp3) is 0.167. The highest BCUT2D eigenvalue weighted by molar-refractivity contribution is 5.34. The fourth-order valence-corrected chi connectivity index (χ4v) is 1.46. The summed E-state index contributed by atoms with van der Waals surface area (Å²) >= 11 is 0. The molecule has 1 aliphatic rings. The van der Waals surface area contributed by atoms with E-state index in [0.717, 1.165) is 0 Å². The zero-order valence-electron chi connectivity index (χ0n) is 9.28. The summed E-state index contributed by atoms with van der Waals surface area (Å²) in [6.07, 6.45) is 5.29. The fourth-order valence-electron chi connectivity index (χ4n) is 1.46. The van der Waals surface area contributed by atoms with Crippen molar-refractivity contribution in [2.24, 2.45) is 16.6 Å². The Kier molecular flexibility index (Phi) is 3.03. The van der Waals surface area contributed by atoms with Gasteiger partial charge in [0, 0.05) is 17.6 Å². The molecule has 0 spiro atoms. The second-order valence-corrected chi connectivity index (χ2v) is 3.99. The zero-order valence-corrected chi connectivity index (χ0v) is 9.28. The van der Waals surface area contributed by atoms with Crippen molar-refractivity contribution in [2.45, 2.75) is 12.1 Å². The molecule has 0 atom stereocenters. The minimum absolute atomic E-state index is 0.419. The molecule has 0 aromatic heterocycles. The van der Waals surface area contributed by atoms with Crippen LogP contribution in [0, 0.1) is 5.21 Å². The molecule has 0 unspecified atom stereocenters. The standard InChI is InChI=1S/C12H14N4O/c13-12(14)8-6-11(7-9-12)16(17)15-10-4-2-1-3-5-10/h1-8H,9,13-14H2. The normalized spacial score (nSPS) is 18.9. The van der Waals surface area contributed by atoms with Gasteiger partial charge >= 0.3 is 0 Å². The molecular formula is C12H14N4O. The number of rotatable bonds is 2. The topological polar surface area (TPSA) is 90.5 Å². The molecule has 1 aromatic carbocycles. The van der Waals surface area contributed by atoms with E-state index in [2.05, 4.69) is 5.11 Å². The summed E-state index contributed by atoms with van der Waals surface area (Å²) in [5.74, 6) is 0. The van der Waals surface area contributed by atoms with Gasteiger partial charge in [-0.2, -0.15) is 0 Å². The molecule has 0 heterocycles. The molecule has 0 saturated carbocycles. The van der Waals surface area contributed by atoms with Gasteiger partial charge in [-0.25, -0.2) is 0 Å². The average molecular weight is 230 g/mol. The average Bonchev–Trinajstić information content (AvgIpc) is 2.30. The molecule has 1 aliphatic carbocycles. The van der Waals surface area contributed by atoms with Crippen LogP contribution in [0.4, 0.5) is 5.69 Å². The highest BCUT2D eigenvalue weighted by Gasteiger charge is 2.20. The third-order valence-corrected chi connectivity index (χ3v) is 2.41. The van der Waals surface area contributed by atoms with Gasteiger partial charge in [0.25, 0.3) is 0 Å². The molecular weight excluding hydrogens is 216 g/mol. The maximum atomic E-state index is 11.7. The van der Waals surface area contributed by atoms with Crippen LogP contribution in [0.5, 0.6) is 0 Å². The van der Waals surface area contributed by atoms with E-state index < -0.39 is 5.66 Å². The van der Waals surface area contributed by atoms with Crippen LogP contribution in [-0.2, 0) is 0 Å². The molecule has 2 rings (SSSR count). The highest BCUT2D eigenvalue weighted by Crippen LogP contribution is 2.17. The number of benzene rings is 1. The van der Waals surface area contributed by atoms with Crippen molar-refractivity contribution in [1.29, 1.82) is 0 Å². The summed E-state index contributed by atoms with van der Waals surface area (Å²) in [5, 5.41) is 15.6. The van der Waals surface area contributed by atoms with E-state index in [1.165, 1.54) is 0 Å². The number of nitrogens with two attached hydrogens (primary N) is 2. The van der Waals surface area contributed by atoms with Crippen LogP contribution in [-0.4, -0.2) is 10.5 Å². The number of hydroxylamine groups is 1. The lowest BCUT2D eigenvalue weighted by molar-refractivity contribution is -0.468. The molecule has 0 aliphatic heterocycles. The lowest BCUT2D eigenvalue weighted by Crippen LogP contribution is -2.47.